The number of phenolic OH excluding ortho intramolecular Hbond substituents is 1. The summed E-state index contributed by atoms with van der Waals surface area (Å²) in [7, 11) is 0. The van der Waals surface area contributed by atoms with Gasteiger partial charge in [-0.2, -0.15) is 0 Å². The van der Waals surface area contributed by atoms with E-state index in [1.54, 1.807) is 6.07 Å². The molecule has 0 aromatic heterocycles. The van der Waals surface area contributed by atoms with Gasteiger partial charge in [0.1, 0.15) is 6.17 Å². The topological polar surface area (TPSA) is 53.8 Å². The van der Waals surface area contributed by atoms with Gasteiger partial charge >= 0.3 is 0 Å². The molecule has 0 bridgehead atoms. The first kappa shape index (κ1) is 20.7. The lowest BCUT2D eigenvalue weighted by molar-refractivity contribution is 0.313. The summed E-state index contributed by atoms with van der Waals surface area (Å²) in [6, 6.07) is 20.7. The fraction of sp³-hybridized carbons (Fsp3) is 0.208. The smallest absolute Gasteiger partial charge is 0.162 e. The Morgan fingerprint density at radius 2 is 1.67 bits per heavy atom. The van der Waals surface area contributed by atoms with Gasteiger partial charge in [0.15, 0.2) is 11.5 Å². The number of nitrogens with one attached hydrogen (secondary N) is 1. The van der Waals surface area contributed by atoms with Crippen molar-refractivity contribution in [2.45, 2.75) is 25.6 Å². The van der Waals surface area contributed by atoms with Gasteiger partial charge in [0.2, 0.25) is 0 Å². The molecule has 0 spiro atoms. The Bertz CT molecular complexity index is 1050. The van der Waals surface area contributed by atoms with E-state index in [4.69, 9.17) is 32.9 Å². The molecule has 154 valence electrons. The molecule has 6 heteroatoms. The summed E-state index contributed by atoms with van der Waals surface area (Å²) >= 11 is 12.1. The highest BCUT2D eigenvalue weighted by Gasteiger charge is 2.28. The van der Waals surface area contributed by atoms with Gasteiger partial charge in [-0.05, 0) is 48.4 Å². The van der Waals surface area contributed by atoms with Crippen molar-refractivity contribution in [3.63, 3.8) is 0 Å². The summed E-state index contributed by atoms with van der Waals surface area (Å²) in [4.78, 5) is 4.95. The number of halogens is 2. The molecule has 30 heavy (non-hydrogen) atoms. The van der Waals surface area contributed by atoms with E-state index >= 15 is 0 Å². The molecule has 4 rings (SSSR count). The Morgan fingerprint density at radius 1 is 1.00 bits per heavy atom. The van der Waals surface area contributed by atoms with Crippen LogP contribution < -0.4 is 10.1 Å². The third-order valence-corrected chi connectivity index (χ3v) is 5.61. The van der Waals surface area contributed by atoms with Crippen LogP contribution in [0.4, 0.5) is 0 Å². The van der Waals surface area contributed by atoms with E-state index in [1.165, 1.54) is 0 Å². The lowest BCUT2D eigenvalue weighted by Gasteiger charge is -2.31. The van der Waals surface area contributed by atoms with Crippen LogP contribution in [0.1, 0.15) is 42.2 Å². The zero-order valence-corrected chi connectivity index (χ0v) is 18.0. The van der Waals surface area contributed by atoms with Crippen LogP contribution in [0.2, 0.25) is 10.0 Å². The molecule has 4 nitrogen and oxygen atoms in total. The van der Waals surface area contributed by atoms with Crippen molar-refractivity contribution in [1.29, 1.82) is 0 Å². The molecule has 1 aliphatic rings. The number of ether oxygens (including phenoxy) is 1. The maximum absolute atomic E-state index is 10.8. The lowest BCUT2D eigenvalue weighted by atomic mass is 9.93. The van der Waals surface area contributed by atoms with Gasteiger partial charge in [0, 0.05) is 33.8 Å². The quantitative estimate of drug-likeness (QED) is 0.487. The Balaban J connectivity index is 1.74. The highest BCUT2D eigenvalue weighted by atomic mass is 35.5. The van der Waals surface area contributed by atoms with Crippen LogP contribution in [0.25, 0.3) is 0 Å². The number of aromatic hydroxyl groups is 1. The number of phenols is 1. The highest BCUT2D eigenvalue weighted by molar-refractivity contribution is 6.30. The molecule has 1 heterocycles. The molecular formula is C24H22Cl2N2O2. The van der Waals surface area contributed by atoms with Crippen LogP contribution in [0.15, 0.2) is 71.7 Å². The van der Waals surface area contributed by atoms with Crippen molar-refractivity contribution in [2.24, 2.45) is 4.99 Å². The summed E-state index contributed by atoms with van der Waals surface area (Å²) < 4.78 is 5.58. The van der Waals surface area contributed by atoms with Crippen LogP contribution in [0.3, 0.4) is 0 Å². The first-order valence-electron chi connectivity index (χ1n) is 9.84. The molecular weight excluding hydrogens is 419 g/mol. The van der Waals surface area contributed by atoms with Gasteiger partial charge in [0.05, 0.1) is 6.61 Å². The standard InChI is InChI=1S/C24H22Cl2N2O2/c1-2-30-22-5-3-4-19(23(22)29)21-14-20(15-6-10-17(25)11-7-15)27-24(28-21)16-8-12-18(26)13-9-16/h3-13,21,24,28-29H,2,14H2,1H3. The van der Waals surface area contributed by atoms with E-state index < -0.39 is 0 Å². The van der Waals surface area contributed by atoms with Gasteiger partial charge in [-0.1, -0.05) is 59.6 Å². The summed E-state index contributed by atoms with van der Waals surface area (Å²) in [6.07, 6.45) is 0.344. The van der Waals surface area contributed by atoms with Gasteiger partial charge < -0.3 is 9.84 Å². The van der Waals surface area contributed by atoms with E-state index in [0.717, 1.165) is 22.4 Å². The fourth-order valence-electron chi connectivity index (χ4n) is 3.63. The molecule has 0 amide bonds. The van der Waals surface area contributed by atoms with Gasteiger partial charge in [-0.25, -0.2) is 0 Å². The average molecular weight is 441 g/mol. The molecule has 1 aliphatic heterocycles. The predicted molar refractivity (Wildman–Crippen MR) is 122 cm³/mol. The third kappa shape index (κ3) is 4.46. The van der Waals surface area contributed by atoms with Crippen molar-refractivity contribution in [3.05, 3.63) is 93.5 Å². The largest absolute Gasteiger partial charge is 0.504 e. The molecule has 0 aliphatic carbocycles. The second kappa shape index (κ2) is 9.09. The number of aliphatic imine (C=N–C) groups is 1. The third-order valence-electron chi connectivity index (χ3n) is 5.11. The normalized spacial score (nSPS) is 18.7. The van der Waals surface area contributed by atoms with E-state index in [1.807, 2.05) is 67.6 Å². The molecule has 0 radical (unpaired) electrons. The molecule has 0 fully saturated rings. The molecule has 2 unspecified atom stereocenters. The minimum Gasteiger partial charge on any atom is -0.504 e. The number of para-hydroxylation sites is 1. The van der Waals surface area contributed by atoms with Crippen molar-refractivity contribution in [2.75, 3.05) is 6.61 Å². The minimum atomic E-state index is -0.276. The fourth-order valence-corrected chi connectivity index (χ4v) is 3.88. The van der Waals surface area contributed by atoms with Crippen LogP contribution in [0, 0.1) is 0 Å². The van der Waals surface area contributed by atoms with Crippen molar-refractivity contribution in [3.8, 4) is 11.5 Å². The predicted octanol–water partition coefficient (Wildman–Crippen LogP) is 6.32. The zero-order chi connectivity index (χ0) is 21.1. The van der Waals surface area contributed by atoms with Crippen molar-refractivity contribution >= 4 is 28.9 Å². The van der Waals surface area contributed by atoms with Crippen molar-refractivity contribution < 1.29 is 9.84 Å². The highest BCUT2D eigenvalue weighted by Crippen LogP contribution is 2.39. The number of hydrogen-bond donors (Lipinski definition) is 2. The summed E-state index contributed by atoms with van der Waals surface area (Å²) in [5, 5.41) is 15.7. The molecule has 2 N–H and O–H groups in total. The molecule has 3 aromatic carbocycles. The number of nitrogens with zero attached hydrogens (tertiary/aromatic N) is 1. The summed E-state index contributed by atoms with van der Waals surface area (Å²) in [5.74, 6) is 0.638. The zero-order valence-electron chi connectivity index (χ0n) is 16.5. The maximum Gasteiger partial charge on any atom is 0.162 e. The number of hydrogen-bond acceptors (Lipinski definition) is 4. The average Bonchev–Trinajstić information content (AvgIpc) is 2.76. The van der Waals surface area contributed by atoms with Gasteiger partial charge in [0.25, 0.3) is 0 Å². The van der Waals surface area contributed by atoms with Gasteiger partial charge in [-0.3, -0.25) is 10.3 Å². The van der Waals surface area contributed by atoms with E-state index in [2.05, 4.69) is 5.32 Å². The molecule has 0 saturated carbocycles. The minimum absolute atomic E-state index is 0.144. The van der Waals surface area contributed by atoms with Crippen molar-refractivity contribution in [1.82, 2.24) is 5.32 Å². The number of benzene rings is 3. The van der Waals surface area contributed by atoms with Crippen LogP contribution in [0.5, 0.6) is 11.5 Å². The summed E-state index contributed by atoms with van der Waals surface area (Å²) in [6.45, 7) is 2.38. The van der Waals surface area contributed by atoms with Gasteiger partial charge in [-0.15, -0.1) is 0 Å². The van der Waals surface area contributed by atoms with Crippen LogP contribution >= 0.6 is 23.2 Å². The Hall–Kier alpha value is -2.53. The Morgan fingerprint density at radius 3 is 2.33 bits per heavy atom. The first-order chi connectivity index (χ1) is 14.5. The molecule has 2 atom stereocenters. The second-order valence-corrected chi connectivity index (χ2v) is 7.96. The lowest BCUT2D eigenvalue weighted by Crippen LogP contribution is -2.33. The van der Waals surface area contributed by atoms with E-state index in [9.17, 15) is 5.11 Å². The Kier molecular flexibility index (Phi) is 6.28. The molecule has 3 aromatic rings. The SMILES string of the molecule is CCOc1cccc(C2CC(c3ccc(Cl)cc3)=NC(c3ccc(Cl)cc3)N2)c1O. The maximum atomic E-state index is 10.8. The van der Waals surface area contributed by atoms with Crippen LogP contribution in [-0.2, 0) is 0 Å². The van der Waals surface area contributed by atoms with E-state index in [0.29, 0.717) is 28.8 Å². The van der Waals surface area contributed by atoms with E-state index in [-0.39, 0.29) is 18.0 Å². The second-order valence-electron chi connectivity index (χ2n) is 7.09. The number of rotatable bonds is 5. The summed E-state index contributed by atoms with van der Waals surface area (Å²) in [5.41, 5.74) is 3.72. The molecule has 0 saturated heterocycles. The van der Waals surface area contributed by atoms with Crippen LogP contribution in [-0.4, -0.2) is 17.4 Å². The Labute approximate surface area is 186 Å². The first-order valence-corrected chi connectivity index (χ1v) is 10.6. The monoisotopic (exact) mass is 440 g/mol.